The molecule has 0 saturated heterocycles. The van der Waals surface area contributed by atoms with Gasteiger partial charge in [0.1, 0.15) is 0 Å². The third-order valence-corrected chi connectivity index (χ3v) is 4.49. The summed E-state index contributed by atoms with van der Waals surface area (Å²) in [7, 11) is 0. The van der Waals surface area contributed by atoms with Gasteiger partial charge in [0.2, 0.25) is 6.79 Å². The topological polar surface area (TPSA) is 73.9 Å². The van der Waals surface area contributed by atoms with Gasteiger partial charge in [-0.05, 0) is 30.0 Å². The molecular weight excluding hydrogens is 354 g/mol. The number of nitrogens with one attached hydrogen (secondary N) is 1. The van der Waals surface area contributed by atoms with Gasteiger partial charge in [0, 0.05) is 11.4 Å². The van der Waals surface area contributed by atoms with E-state index in [-0.39, 0.29) is 29.9 Å². The molecule has 1 aliphatic heterocycles. The molecule has 24 heavy (non-hydrogen) atoms. The number of thiophene rings is 1. The predicted octanol–water partition coefficient (Wildman–Crippen LogP) is 2.65. The number of rotatable bonds is 6. The van der Waals surface area contributed by atoms with Crippen LogP contribution in [-0.2, 0) is 16.0 Å². The lowest BCUT2D eigenvalue weighted by Crippen LogP contribution is -2.30. The molecule has 8 heteroatoms. The van der Waals surface area contributed by atoms with Crippen LogP contribution < -0.4 is 14.8 Å². The van der Waals surface area contributed by atoms with E-state index in [1.54, 1.807) is 11.3 Å². The summed E-state index contributed by atoms with van der Waals surface area (Å²) in [6.07, 6.45) is 0.745. The normalized spacial score (nSPS) is 12.0. The Morgan fingerprint density at radius 2 is 2.21 bits per heavy atom. The molecule has 0 unspecified atom stereocenters. The van der Waals surface area contributed by atoms with Crippen molar-refractivity contribution in [2.24, 2.45) is 0 Å². The minimum absolute atomic E-state index is 0.0558. The molecule has 1 aliphatic rings. The maximum Gasteiger partial charge on any atom is 0.338 e. The fourth-order valence-corrected chi connectivity index (χ4v) is 3.10. The Morgan fingerprint density at radius 1 is 1.33 bits per heavy atom. The van der Waals surface area contributed by atoms with E-state index < -0.39 is 5.97 Å². The van der Waals surface area contributed by atoms with Gasteiger partial charge < -0.3 is 19.5 Å². The number of halogens is 1. The number of benzene rings is 1. The van der Waals surface area contributed by atoms with Crippen LogP contribution in [0.15, 0.2) is 29.6 Å². The van der Waals surface area contributed by atoms with Crippen molar-refractivity contribution in [3.63, 3.8) is 0 Å². The van der Waals surface area contributed by atoms with Gasteiger partial charge in [0.25, 0.3) is 5.91 Å². The molecule has 2 aromatic rings. The van der Waals surface area contributed by atoms with Crippen LogP contribution in [0.3, 0.4) is 0 Å². The fourth-order valence-electron chi connectivity index (χ4n) is 2.13. The molecule has 1 amide bonds. The molecule has 0 fully saturated rings. The van der Waals surface area contributed by atoms with Gasteiger partial charge in [-0.15, -0.1) is 11.3 Å². The number of carbonyl (C=O) groups is 2. The molecule has 3 rings (SSSR count). The zero-order chi connectivity index (χ0) is 16.9. The van der Waals surface area contributed by atoms with E-state index in [0.717, 1.165) is 6.42 Å². The van der Waals surface area contributed by atoms with E-state index in [1.807, 2.05) is 17.5 Å². The van der Waals surface area contributed by atoms with Crippen molar-refractivity contribution >= 4 is 34.8 Å². The second kappa shape index (κ2) is 7.55. The summed E-state index contributed by atoms with van der Waals surface area (Å²) in [5.41, 5.74) is 0.204. The first-order valence-electron chi connectivity index (χ1n) is 7.19. The quantitative estimate of drug-likeness (QED) is 0.794. The highest BCUT2D eigenvalue weighted by Crippen LogP contribution is 2.39. The zero-order valence-electron chi connectivity index (χ0n) is 12.5. The van der Waals surface area contributed by atoms with E-state index in [0.29, 0.717) is 18.0 Å². The van der Waals surface area contributed by atoms with E-state index in [4.69, 9.17) is 25.8 Å². The third-order valence-electron chi connectivity index (χ3n) is 3.27. The fraction of sp³-hybridized carbons (Fsp3) is 0.250. The number of carbonyl (C=O) groups excluding carboxylic acids is 2. The van der Waals surface area contributed by atoms with Gasteiger partial charge in [0.05, 0.1) is 10.6 Å². The van der Waals surface area contributed by atoms with Crippen molar-refractivity contribution < 1.29 is 23.8 Å². The third kappa shape index (κ3) is 3.98. The molecule has 0 aliphatic carbocycles. The van der Waals surface area contributed by atoms with Crippen LogP contribution in [0.25, 0.3) is 0 Å². The van der Waals surface area contributed by atoms with Gasteiger partial charge in [-0.1, -0.05) is 17.7 Å². The Bertz CT molecular complexity index is 747. The van der Waals surface area contributed by atoms with Crippen LogP contribution in [0.4, 0.5) is 0 Å². The molecule has 0 atom stereocenters. The first kappa shape index (κ1) is 16.6. The lowest BCUT2D eigenvalue weighted by molar-refractivity contribution is -0.124. The number of hydrogen-bond donors (Lipinski definition) is 1. The molecule has 1 aromatic carbocycles. The lowest BCUT2D eigenvalue weighted by atomic mass is 10.2. The van der Waals surface area contributed by atoms with E-state index >= 15 is 0 Å². The molecule has 0 radical (unpaired) electrons. The van der Waals surface area contributed by atoms with Gasteiger partial charge in [-0.2, -0.15) is 0 Å². The predicted molar refractivity (Wildman–Crippen MR) is 88.9 cm³/mol. The SMILES string of the molecule is O=C(COC(=O)c1cc(Cl)c2c(c1)OCO2)NCCc1cccs1. The highest BCUT2D eigenvalue weighted by atomic mass is 35.5. The minimum atomic E-state index is -0.649. The minimum Gasteiger partial charge on any atom is -0.454 e. The van der Waals surface area contributed by atoms with E-state index in [2.05, 4.69) is 5.32 Å². The second-order valence-electron chi connectivity index (χ2n) is 4.95. The van der Waals surface area contributed by atoms with Crippen molar-refractivity contribution in [2.75, 3.05) is 19.9 Å². The van der Waals surface area contributed by atoms with Crippen LogP contribution in [0.5, 0.6) is 11.5 Å². The molecule has 1 N–H and O–H groups in total. The smallest absolute Gasteiger partial charge is 0.338 e. The average Bonchev–Trinajstić information content (AvgIpc) is 3.23. The van der Waals surface area contributed by atoms with E-state index in [1.165, 1.54) is 17.0 Å². The summed E-state index contributed by atoms with van der Waals surface area (Å²) < 4.78 is 15.3. The number of fused-ring (bicyclic) bond motifs is 1. The lowest BCUT2D eigenvalue weighted by Gasteiger charge is -2.07. The summed E-state index contributed by atoms with van der Waals surface area (Å²) in [5, 5.41) is 4.94. The van der Waals surface area contributed by atoms with Crippen LogP contribution in [-0.4, -0.2) is 31.8 Å². The van der Waals surface area contributed by atoms with Gasteiger partial charge in [-0.3, -0.25) is 4.79 Å². The zero-order valence-corrected chi connectivity index (χ0v) is 14.1. The maximum absolute atomic E-state index is 12.0. The monoisotopic (exact) mass is 367 g/mol. The molecular formula is C16H14ClNO5S. The van der Waals surface area contributed by atoms with Crippen molar-refractivity contribution in [3.8, 4) is 11.5 Å². The van der Waals surface area contributed by atoms with Crippen LogP contribution in [0, 0.1) is 0 Å². The first-order valence-corrected chi connectivity index (χ1v) is 8.44. The molecule has 126 valence electrons. The largest absolute Gasteiger partial charge is 0.454 e. The number of hydrogen-bond acceptors (Lipinski definition) is 6. The second-order valence-corrected chi connectivity index (χ2v) is 6.39. The molecule has 1 aromatic heterocycles. The molecule has 0 saturated carbocycles. The Morgan fingerprint density at radius 3 is 3.00 bits per heavy atom. The molecule has 2 heterocycles. The van der Waals surface area contributed by atoms with Crippen LogP contribution in [0.1, 0.15) is 15.2 Å². The molecule has 0 spiro atoms. The number of esters is 1. The van der Waals surface area contributed by atoms with Crippen molar-refractivity contribution in [2.45, 2.75) is 6.42 Å². The Labute approximate surface area is 147 Å². The summed E-state index contributed by atoms with van der Waals surface area (Å²) in [6, 6.07) is 6.86. The van der Waals surface area contributed by atoms with Crippen LogP contribution in [0.2, 0.25) is 5.02 Å². The molecule has 0 bridgehead atoms. The Hall–Kier alpha value is -2.25. The summed E-state index contributed by atoms with van der Waals surface area (Å²) in [5.74, 6) is -0.218. The Kier molecular flexibility index (Phi) is 5.22. The van der Waals surface area contributed by atoms with Gasteiger partial charge >= 0.3 is 5.97 Å². The van der Waals surface area contributed by atoms with Crippen LogP contribution >= 0.6 is 22.9 Å². The highest BCUT2D eigenvalue weighted by Gasteiger charge is 2.21. The summed E-state index contributed by atoms with van der Waals surface area (Å²) >= 11 is 7.64. The summed E-state index contributed by atoms with van der Waals surface area (Å²) in [4.78, 5) is 24.9. The van der Waals surface area contributed by atoms with E-state index in [9.17, 15) is 9.59 Å². The van der Waals surface area contributed by atoms with Crippen molar-refractivity contribution in [3.05, 3.63) is 45.1 Å². The maximum atomic E-state index is 12.0. The number of ether oxygens (including phenoxy) is 3. The molecule has 6 nitrogen and oxygen atoms in total. The standard InChI is InChI=1S/C16H14ClNO5S/c17-12-6-10(7-13-15(12)23-9-22-13)16(20)21-8-14(19)18-4-3-11-2-1-5-24-11/h1-2,5-7H,3-4,8-9H2,(H,18,19). The van der Waals surface area contributed by atoms with Crippen molar-refractivity contribution in [1.29, 1.82) is 0 Å². The first-order chi connectivity index (χ1) is 11.6. The Balaban J connectivity index is 1.47. The highest BCUT2D eigenvalue weighted by molar-refractivity contribution is 7.09. The number of amides is 1. The van der Waals surface area contributed by atoms with Crippen molar-refractivity contribution in [1.82, 2.24) is 5.32 Å². The average molecular weight is 368 g/mol. The van der Waals surface area contributed by atoms with Gasteiger partial charge in [0.15, 0.2) is 18.1 Å². The summed E-state index contributed by atoms with van der Waals surface area (Å²) in [6.45, 7) is 0.197. The van der Waals surface area contributed by atoms with Gasteiger partial charge in [-0.25, -0.2) is 4.79 Å².